The van der Waals surface area contributed by atoms with Crippen molar-refractivity contribution in [2.24, 2.45) is 4.99 Å². The number of thiazole rings is 1. The van der Waals surface area contributed by atoms with Crippen LogP contribution in [-0.2, 0) is 16.1 Å². The maximum absolute atomic E-state index is 13.8. The highest BCUT2D eigenvalue weighted by atomic mass is 32.1. The van der Waals surface area contributed by atoms with E-state index in [1.165, 1.54) is 23.5 Å². The third-order valence-electron chi connectivity index (χ3n) is 6.42. The van der Waals surface area contributed by atoms with Gasteiger partial charge in [-0.25, -0.2) is 14.2 Å². The van der Waals surface area contributed by atoms with Gasteiger partial charge >= 0.3 is 5.97 Å². The van der Waals surface area contributed by atoms with Gasteiger partial charge in [-0.3, -0.25) is 9.36 Å². The number of aromatic nitrogens is 1. The van der Waals surface area contributed by atoms with Gasteiger partial charge in [-0.15, -0.1) is 0 Å². The molecule has 0 radical (unpaired) electrons. The van der Waals surface area contributed by atoms with Gasteiger partial charge < -0.3 is 14.2 Å². The van der Waals surface area contributed by atoms with E-state index in [2.05, 4.69) is 4.99 Å². The Bertz CT molecular complexity index is 1760. The number of rotatable bonds is 8. The Balaban J connectivity index is 1.53. The van der Waals surface area contributed by atoms with E-state index < -0.39 is 12.0 Å². The van der Waals surface area contributed by atoms with Gasteiger partial charge in [0.15, 0.2) is 4.80 Å². The zero-order chi connectivity index (χ0) is 28.2. The van der Waals surface area contributed by atoms with Crippen molar-refractivity contribution in [3.8, 4) is 11.5 Å². The van der Waals surface area contributed by atoms with E-state index in [1.54, 1.807) is 55.9 Å². The van der Waals surface area contributed by atoms with Gasteiger partial charge in [-0.2, -0.15) is 0 Å². The molecule has 7 nitrogen and oxygen atoms in total. The molecule has 1 aliphatic heterocycles. The van der Waals surface area contributed by atoms with Crippen molar-refractivity contribution in [3.63, 3.8) is 0 Å². The van der Waals surface area contributed by atoms with Crippen LogP contribution in [0.5, 0.6) is 11.5 Å². The lowest BCUT2D eigenvalue weighted by atomic mass is 9.96. The molecular weight excluding hydrogens is 531 g/mol. The fourth-order valence-corrected chi connectivity index (χ4v) is 5.53. The van der Waals surface area contributed by atoms with Crippen molar-refractivity contribution < 1.29 is 23.4 Å². The summed E-state index contributed by atoms with van der Waals surface area (Å²) < 4.78 is 31.7. The van der Waals surface area contributed by atoms with Gasteiger partial charge in [0.1, 0.15) is 23.9 Å². The molecule has 9 heteroatoms. The van der Waals surface area contributed by atoms with Gasteiger partial charge in [0.05, 0.1) is 35.6 Å². The van der Waals surface area contributed by atoms with E-state index in [0.29, 0.717) is 32.1 Å². The summed E-state index contributed by atoms with van der Waals surface area (Å²) in [5, 5.41) is 0. The molecule has 40 heavy (non-hydrogen) atoms. The zero-order valence-corrected chi connectivity index (χ0v) is 23.0. The molecule has 0 saturated heterocycles. The molecule has 5 rings (SSSR count). The van der Waals surface area contributed by atoms with Crippen LogP contribution in [0.4, 0.5) is 4.39 Å². The van der Waals surface area contributed by atoms with E-state index in [-0.39, 0.29) is 24.6 Å². The van der Waals surface area contributed by atoms with Crippen LogP contribution in [0.15, 0.2) is 93.9 Å². The number of fused-ring (bicyclic) bond motifs is 1. The molecule has 0 fully saturated rings. The minimum atomic E-state index is -0.700. The summed E-state index contributed by atoms with van der Waals surface area (Å²) in [5.74, 6) is 0.467. The van der Waals surface area contributed by atoms with Gasteiger partial charge in [0.25, 0.3) is 5.56 Å². The van der Waals surface area contributed by atoms with Crippen LogP contribution in [-0.4, -0.2) is 24.3 Å². The first-order chi connectivity index (χ1) is 19.4. The average molecular weight is 559 g/mol. The van der Waals surface area contributed by atoms with Crippen LogP contribution in [0.3, 0.4) is 0 Å². The number of methoxy groups -OCH3 is 1. The number of benzene rings is 3. The number of carbonyl (C=O) groups is 1. The third-order valence-corrected chi connectivity index (χ3v) is 7.41. The summed E-state index contributed by atoms with van der Waals surface area (Å²) >= 11 is 1.25. The smallest absolute Gasteiger partial charge is 0.338 e. The Kier molecular flexibility index (Phi) is 7.93. The first-order valence-electron chi connectivity index (χ1n) is 12.7. The van der Waals surface area contributed by atoms with Crippen molar-refractivity contribution in [2.75, 3.05) is 13.7 Å². The fraction of sp³-hybridized carbons (Fsp3) is 0.194. The Morgan fingerprint density at radius 3 is 2.52 bits per heavy atom. The summed E-state index contributed by atoms with van der Waals surface area (Å²) in [4.78, 5) is 31.9. The quantitative estimate of drug-likeness (QED) is 0.297. The predicted molar refractivity (Wildman–Crippen MR) is 151 cm³/mol. The molecule has 0 unspecified atom stereocenters. The van der Waals surface area contributed by atoms with Gasteiger partial charge in [0.2, 0.25) is 0 Å². The maximum Gasteiger partial charge on any atom is 0.338 e. The normalized spacial score (nSPS) is 14.9. The predicted octanol–water partition coefficient (Wildman–Crippen LogP) is 4.53. The summed E-state index contributed by atoms with van der Waals surface area (Å²) in [6.07, 6.45) is 1.78. The molecule has 2 heterocycles. The summed E-state index contributed by atoms with van der Waals surface area (Å²) in [6.45, 7) is 3.98. The number of halogens is 1. The first kappa shape index (κ1) is 27.1. The number of carbonyl (C=O) groups excluding carboxylic acids is 1. The lowest BCUT2D eigenvalue weighted by molar-refractivity contribution is -0.139. The lowest BCUT2D eigenvalue weighted by Gasteiger charge is -2.24. The molecule has 0 spiro atoms. The Morgan fingerprint density at radius 2 is 1.82 bits per heavy atom. The third kappa shape index (κ3) is 5.60. The van der Waals surface area contributed by atoms with E-state index in [0.717, 1.165) is 16.7 Å². The van der Waals surface area contributed by atoms with Crippen LogP contribution in [0.25, 0.3) is 6.08 Å². The fourth-order valence-electron chi connectivity index (χ4n) is 4.49. The highest BCUT2D eigenvalue weighted by molar-refractivity contribution is 7.07. The summed E-state index contributed by atoms with van der Waals surface area (Å²) in [5.41, 5.74) is 2.90. The van der Waals surface area contributed by atoms with E-state index in [4.69, 9.17) is 14.2 Å². The van der Waals surface area contributed by atoms with Crippen LogP contribution >= 0.6 is 11.3 Å². The number of allylic oxidation sites excluding steroid dienone is 1. The molecular formula is C31H27FN2O5S. The molecule has 0 amide bonds. The lowest BCUT2D eigenvalue weighted by Crippen LogP contribution is -2.39. The molecule has 1 aliphatic rings. The number of hydrogen-bond donors (Lipinski definition) is 0. The van der Waals surface area contributed by atoms with Crippen molar-refractivity contribution >= 4 is 23.4 Å². The van der Waals surface area contributed by atoms with Crippen molar-refractivity contribution in [2.45, 2.75) is 26.5 Å². The van der Waals surface area contributed by atoms with Gasteiger partial charge in [-0.05, 0) is 73.0 Å². The molecule has 0 saturated carbocycles. The molecule has 0 bridgehead atoms. The molecule has 1 aromatic heterocycles. The van der Waals surface area contributed by atoms with Gasteiger partial charge in [0, 0.05) is 0 Å². The minimum absolute atomic E-state index is 0.203. The Labute approximate surface area is 234 Å². The number of esters is 1. The second-order valence-electron chi connectivity index (χ2n) is 9.06. The van der Waals surface area contributed by atoms with Crippen LogP contribution in [0.1, 0.15) is 36.6 Å². The second kappa shape index (κ2) is 11.7. The Morgan fingerprint density at radius 1 is 1.07 bits per heavy atom. The van der Waals surface area contributed by atoms with Crippen molar-refractivity contribution in [3.05, 3.63) is 126 Å². The second-order valence-corrected chi connectivity index (χ2v) is 10.1. The number of ether oxygens (including phenoxy) is 3. The average Bonchev–Trinajstić information content (AvgIpc) is 3.26. The molecule has 0 aliphatic carbocycles. The van der Waals surface area contributed by atoms with Gasteiger partial charge in [-0.1, -0.05) is 47.7 Å². The van der Waals surface area contributed by atoms with Crippen LogP contribution in [0.2, 0.25) is 0 Å². The van der Waals surface area contributed by atoms with E-state index >= 15 is 0 Å². The standard InChI is InChI=1S/C31H27FN2O5S/c1-4-38-30(36)27-19(2)33-31-34(28(27)22-10-14-24(37-3)15-11-22)29(35)26(40-31)17-21-6-5-7-25(16-21)39-18-20-8-12-23(32)13-9-20/h5-17,28H,4,18H2,1-3H3/b26-17+/t28-/m0/s1. The largest absolute Gasteiger partial charge is 0.497 e. The monoisotopic (exact) mass is 558 g/mol. The summed E-state index contributed by atoms with van der Waals surface area (Å²) in [6, 6.07) is 20.0. The SMILES string of the molecule is CCOC(=O)C1=C(C)N=c2s/c(=C/c3cccc(OCc4ccc(F)cc4)c3)c(=O)n2[C@H]1c1ccc(OC)cc1. The number of hydrogen-bond acceptors (Lipinski definition) is 7. The maximum atomic E-state index is 13.8. The van der Waals surface area contributed by atoms with E-state index in [9.17, 15) is 14.0 Å². The molecule has 1 atom stereocenters. The zero-order valence-electron chi connectivity index (χ0n) is 22.2. The topological polar surface area (TPSA) is 79.1 Å². The van der Waals surface area contributed by atoms with E-state index in [1.807, 2.05) is 36.4 Å². The summed E-state index contributed by atoms with van der Waals surface area (Å²) in [7, 11) is 1.58. The molecule has 4 aromatic rings. The molecule has 3 aromatic carbocycles. The highest BCUT2D eigenvalue weighted by Gasteiger charge is 2.33. The number of nitrogens with zero attached hydrogens (tertiary/aromatic N) is 2. The Hall–Kier alpha value is -4.50. The van der Waals surface area contributed by atoms with Crippen molar-refractivity contribution in [1.82, 2.24) is 4.57 Å². The van der Waals surface area contributed by atoms with Crippen LogP contribution < -0.4 is 24.4 Å². The van der Waals surface area contributed by atoms with Crippen LogP contribution in [0, 0.1) is 5.82 Å². The highest BCUT2D eigenvalue weighted by Crippen LogP contribution is 2.31. The first-order valence-corrected chi connectivity index (χ1v) is 13.5. The minimum Gasteiger partial charge on any atom is -0.497 e. The molecule has 0 N–H and O–H groups in total. The van der Waals surface area contributed by atoms with Crippen molar-refractivity contribution in [1.29, 1.82) is 0 Å². The molecule has 204 valence electrons.